The topological polar surface area (TPSA) is 96.4 Å². The first-order valence-electron chi connectivity index (χ1n) is 11.3. The molecule has 0 radical (unpaired) electrons. The lowest BCUT2D eigenvalue weighted by molar-refractivity contribution is -0.139. The molecule has 0 spiro atoms. The van der Waals surface area contributed by atoms with Gasteiger partial charge in [-0.05, 0) is 74.7 Å². The molecule has 182 valence electrons. The predicted molar refractivity (Wildman–Crippen MR) is 135 cm³/mol. The van der Waals surface area contributed by atoms with E-state index in [1.54, 1.807) is 24.3 Å². The summed E-state index contributed by atoms with van der Waals surface area (Å²) < 4.78 is 28.9. The monoisotopic (exact) mass is 511 g/mol. The number of carbonyl (C=O) groups excluding carboxylic acids is 2. The number of rotatable bonds is 7. The molecule has 0 aliphatic carbocycles. The third-order valence-corrected chi connectivity index (χ3v) is 7.90. The lowest BCUT2D eigenvalue weighted by Gasteiger charge is -2.41. The first kappa shape index (κ1) is 24.9. The van der Waals surface area contributed by atoms with Gasteiger partial charge in [-0.25, -0.2) is 8.42 Å². The second-order valence-corrected chi connectivity index (χ2v) is 11.1. The second kappa shape index (κ2) is 9.79. The Labute approximate surface area is 210 Å². The Morgan fingerprint density at radius 2 is 1.71 bits per heavy atom. The number of benzene rings is 2. The summed E-state index contributed by atoms with van der Waals surface area (Å²) in [5, 5.41) is 0.309. The molecule has 4 rings (SSSR count). The summed E-state index contributed by atoms with van der Waals surface area (Å²) in [4.78, 5) is 31.3. The average Bonchev–Trinajstić information content (AvgIpc) is 2.85. The Balaban J connectivity index is 1.61. The van der Waals surface area contributed by atoms with Gasteiger partial charge in [-0.3, -0.25) is 19.3 Å². The van der Waals surface area contributed by atoms with E-state index in [1.807, 2.05) is 18.7 Å². The molecule has 1 saturated heterocycles. The van der Waals surface area contributed by atoms with E-state index in [0.29, 0.717) is 23.6 Å². The number of hydrogen-bond donors (Lipinski definition) is 1. The highest BCUT2D eigenvalue weighted by Crippen LogP contribution is 2.32. The highest BCUT2D eigenvalue weighted by atomic mass is 35.5. The molecule has 3 aromatic rings. The second-order valence-electron chi connectivity index (χ2n) is 8.95. The van der Waals surface area contributed by atoms with Crippen molar-refractivity contribution in [2.45, 2.75) is 43.5 Å². The van der Waals surface area contributed by atoms with Crippen LogP contribution >= 0.6 is 11.6 Å². The molecular weight excluding hydrogens is 486 g/mol. The van der Waals surface area contributed by atoms with Gasteiger partial charge in [0.1, 0.15) is 0 Å². The zero-order valence-corrected chi connectivity index (χ0v) is 21.1. The van der Waals surface area contributed by atoms with Gasteiger partial charge in [0.2, 0.25) is 5.91 Å². The molecule has 1 fully saturated rings. The van der Waals surface area contributed by atoms with Crippen molar-refractivity contribution in [2.24, 2.45) is 0 Å². The van der Waals surface area contributed by atoms with E-state index in [0.717, 1.165) is 18.4 Å². The van der Waals surface area contributed by atoms with Crippen LogP contribution in [0.1, 0.15) is 54.6 Å². The Bertz CT molecular complexity index is 1360. The maximum atomic E-state index is 13.2. The van der Waals surface area contributed by atoms with Crippen molar-refractivity contribution in [1.29, 1.82) is 0 Å². The molecule has 2 heterocycles. The van der Waals surface area contributed by atoms with Crippen molar-refractivity contribution in [1.82, 2.24) is 9.88 Å². The lowest BCUT2D eigenvalue weighted by Crippen LogP contribution is -2.47. The maximum absolute atomic E-state index is 13.2. The molecule has 0 bridgehead atoms. The normalized spacial score (nSPS) is 14.6. The number of nitrogens with zero attached hydrogens (tertiary/aromatic N) is 2. The Morgan fingerprint density at radius 1 is 1.03 bits per heavy atom. The molecule has 35 heavy (non-hydrogen) atoms. The first-order valence-corrected chi connectivity index (χ1v) is 13.1. The lowest BCUT2D eigenvalue weighted by atomic mass is 9.90. The number of likely N-dealkylation sites (tertiary alicyclic amines) is 1. The van der Waals surface area contributed by atoms with E-state index in [4.69, 9.17) is 11.6 Å². The number of aromatic nitrogens is 1. The first-order chi connectivity index (χ1) is 16.6. The van der Waals surface area contributed by atoms with Crippen LogP contribution in [0.5, 0.6) is 0 Å². The number of anilines is 1. The van der Waals surface area contributed by atoms with Crippen molar-refractivity contribution >= 4 is 39.0 Å². The predicted octanol–water partition coefficient (Wildman–Crippen LogP) is 5.01. The number of carbonyl (C=O) groups is 2. The summed E-state index contributed by atoms with van der Waals surface area (Å²) in [6, 6.07) is 14.0. The average molecular weight is 512 g/mol. The summed E-state index contributed by atoms with van der Waals surface area (Å²) in [6.07, 6.45) is 5.35. The largest absolute Gasteiger partial charge is 0.334 e. The van der Waals surface area contributed by atoms with Gasteiger partial charge in [0.25, 0.3) is 10.0 Å². The van der Waals surface area contributed by atoms with Gasteiger partial charge in [0.05, 0.1) is 16.1 Å². The van der Waals surface area contributed by atoms with Crippen LogP contribution in [-0.2, 0) is 20.4 Å². The quantitative estimate of drug-likeness (QED) is 0.449. The van der Waals surface area contributed by atoms with E-state index in [2.05, 4.69) is 9.71 Å². The van der Waals surface area contributed by atoms with Gasteiger partial charge in [-0.15, -0.1) is 0 Å². The van der Waals surface area contributed by atoms with Crippen molar-refractivity contribution < 1.29 is 18.0 Å². The van der Waals surface area contributed by atoms with Crippen LogP contribution in [-0.4, -0.2) is 36.5 Å². The summed E-state index contributed by atoms with van der Waals surface area (Å²) in [6.45, 7) is 4.60. The molecule has 1 aliphatic heterocycles. The van der Waals surface area contributed by atoms with Crippen LogP contribution in [0.2, 0.25) is 5.02 Å². The number of hydrogen-bond acceptors (Lipinski definition) is 5. The zero-order chi connectivity index (χ0) is 25.2. The zero-order valence-electron chi connectivity index (χ0n) is 19.5. The van der Waals surface area contributed by atoms with Crippen LogP contribution in [0.15, 0.2) is 71.9 Å². The van der Waals surface area contributed by atoms with Crippen molar-refractivity contribution in [3.05, 3.63) is 88.7 Å². The van der Waals surface area contributed by atoms with Crippen molar-refractivity contribution in [2.75, 3.05) is 11.3 Å². The smallest absolute Gasteiger partial charge is 0.261 e. The maximum Gasteiger partial charge on any atom is 0.261 e. The standard InChI is InChI=1S/C26H26ClN3O4S/c1-26(2,30-16-4-3-5-24(30)31)19-6-9-21(10-7-19)35(33,34)29-23-11-8-20(27)17-22(23)25(32)18-12-14-28-15-13-18/h6-15,17,29H,3-5,16H2,1-2H3. The fraction of sp³-hybridized carbons (Fsp3) is 0.269. The van der Waals surface area contributed by atoms with Gasteiger partial charge in [-0.2, -0.15) is 0 Å². The van der Waals surface area contributed by atoms with E-state index in [9.17, 15) is 18.0 Å². The van der Waals surface area contributed by atoms with Crippen LogP contribution < -0.4 is 4.72 Å². The van der Waals surface area contributed by atoms with Gasteiger partial charge in [0, 0.05) is 41.5 Å². The highest BCUT2D eigenvalue weighted by Gasteiger charge is 2.34. The van der Waals surface area contributed by atoms with Gasteiger partial charge in [-0.1, -0.05) is 23.7 Å². The molecule has 9 heteroatoms. The Morgan fingerprint density at radius 3 is 2.37 bits per heavy atom. The number of ketones is 1. The van der Waals surface area contributed by atoms with E-state index in [1.165, 1.54) is 42.7 Å². The highest BCUT2D eigenvalue weighted by molar-refractivity contribution is 7.92. The Kier molecular flexibility index (Phi) is 6.96. The number of sulfonamides is 1. The minimum absolute atomic E-state index is 0.0410. The summed E-state index contributed by atoms with van der Waals surface area (Å²) >= 11 is 6.10. The molecule has 0 saturated carbocycles. The van der Waals surface area contributed by atoms with Crippen molar-refractivity contribution in [3.63, 3.8) is 0 Å². The van der Waals surface area contributed by atoms with E-state index in [-0.39, 0.29) is 27.8 Å². The van der Waals surface area contributed by atoms with Gasteiger partial charge >= 0.3 is 0 Å². The fourth-order valence-electron chi connectivity index (χ4n) is 4.25. The summed E-state index contributed by atoms with van der Waals surface area (Å²) in [7, 11) is -4.00. The molecule has 0 unspecified atom stereocenters. The molecule has 2 aromatic carbocycles. The minimum Gasteiger partial charge on any atom is -0.334 e. The number of amides is 1. The number of piperidine rings is 1. The number of halogens is 1. The molecular formula is C26H26ClN3O4S. The third kappa shape index (κ3) is 5.23. The number of pyridine rings is 1. The Hall–Kier alpha value is -3.23. The minimum atomic E-state index is -4.00. The summed E-state index contributed by atoms with van der Waals surface area (Å²) in [5.41, 5.74) is 0.898. The fourth-order valence-corrected chi connectivity index (χ4v) is 5.50. The van der Waals surface area contributed by atoms with Crippen LogP contribution in [0.3, 0.4) is 0 Å². The molecule has 1 N–H and O–H groups in total. The molecule has 1 aromatic heterocycles. The molecule has 7 nitrogen and oxygen atoms in total. The molecule has 1 amide bonds. The van der Waals surface area contributed by atoms with Gasteiger partial charge in [0.15, 0.2) is 5.78 Å². The van der Waals surface area contributed by atoms with Crippen LogP contribution in [0.4, 0.5) is 5.69 Å². The SMILES string of the molecule is CC(C)(c1ccc(S(=O)(=O)Nc2ccc(Cl)cc2C(=O)c2ccncc2)cc1)N1CCCCC1=O. The van der Waals surface area contributed by atoms with Crippen molar-refractivity contribution in [3.8, 4) is 0 Å². The molecule has 1 aliphatic rings. The summed E-state index contributed by atoms with van der Waals surface area (Å²) in [5.74, 6) is -0.273. The van der Waals surface area contributed by atoms with Gasteiger partial charge < -0.3 is 4.90 Å². The van der Waals surface area contributed by atoms with E-state index >= 15 is 0 Å². The molecule has 0 atom stereocenters. The number of nitrogens with one attached hydrogen (secondary N) is 1. The van der Waals surface area contributed by atoms with Crippen LogP contribution in [0.25, 0.3) is 0 Å². The van der Waals surface area contributed by atoms with Crippen LogP contribution in [0, 0.1) is 0 Å². The third-order valence-electron chi connectivity index (χ3n) is 6.28. The van der Waals surface area contributed by atoms with E-state index < -0.39 is 15.6 Å².